The van der Waals surface area contributed by atoms with Crippen LogP contribution in [0.3, 0.4) is 0 Å². The van der Waals surface area contributed by atoms with E-state index in [4.69, 9.17) is 99.5 Å². The Morgan fingerprint density at radius 2 is 0.689 bits per heavy atom. The van der Waals surface area contributed by atoms with E-state index in [1.54, 1.807) is 0 Å². The number of aliphatic hydroxyl groups is 1. The van der Waals surface area contributed by atoms with Gasteiger partial charge in [-0.2, -0.15) is 0 Å². The Morgan fingerprint density at radius 1 is 0.370 bits per heavy atom. The highest BCUT2D eigenvalue weighted by molar-refractivity contribution is 5.19. The van der Waals surface area contributed by atoms with Crippen LogP contribution in [0, 0.1) is 23.7 Å². The molecule has 9 fully saturated rings. The highest BCUT2D eigenvalue weighted by Crippen LogP contribution is 2.46. The van der Waals surface area contributed by atoms with Crippen LogP contribution in [0.1, 0.15) is 122 Å². The summed E-state index contributed by atoms with van der Waals surface area (Å²) in [5.74, 6) is -3.07. The van der Waals surface area contributed by atoms with Crippen molar-refractivity contribution in [2.24, 2.45) is 33.9 Å². The fourth-order valence-electron chi connectivity index (χ4n) is 17.1. The number of azide groups is 2. The highest BCUT2D eigenvalue weighted by atomic mass is 16.8. The monoisotopic (exact) mass is 1650 g/mol. The van der Waals surface area contributed by atoms with Crippen LogP contribution in [-0.2, 0) is 139 Å². The second-order valence-corrected chi connectivity index (χ2v) is 33.1. The minimum atomic E-state index is -1.36. The average molecular weight is 1650 g/mol. The van der Waals surface area contributed by atoms with Crippen LogP contribution in [0.15, 0.2) is 192 Å². The van der Waals surface area contributed by atoms with Crippen molar-refractivity contribution in [1.82, 2.24) is 0 Å². The summed E-state index contributed by atoms with van der Waals surface area (Å²) >= 11 is 0. The summed E-state index contributed by atoms with van der Waals surface area (Å²) in [6, 6.07) is 58.7. The van der Waals surface area contributed by atoms with E-state index < -0.39 is 134 Å². The summed E-state index contributed by atoms with van der Waals surface area (Å²) < 4.78 is 134. The minimum absolute atomic E-state index is 0.109. The predicted molar refractivity (Wildman–Crippen MR) is 435 cm³/mol. The first-order valence-electron chi connectivity index (χ1n) is 42.1. The zero-order valence-electron chi connectivity index (χ0n) is 70.1. The second-order valence-electron chi connectivity index (χ2n) is 33.1. The van der Waals surface area contributed by atoms with Gasteiger partial charge in [0.05, 0.1) is 127 Å². The number of benzene rings is 6. The number of fused-ring (bicyclic) bond motifs is 2. The fraction of sp³-hybridized carbons (Fsp3) is 0.604. The van der Waals surface area contributed by atoms with Gasteiger partial charge in [-0.15, -0.1) is 0 Å². The van der Waals surface area contributed by atoms with E-state index in [1.165, 1.54) is 12.8 Å². The van der Waals surface area contributed by atoms with Crippen LogP contribution in [0.25, 0.3) is 20.9 Å². The van der Waals surface area contributed by atoms with E-state index in [1.807, 2.05) is 239 Å². The van der Waals surface area contributed by atoms with Crippen LogP contribution >= 0.6 is 0 Å². The Hall–Kier alpha value is -6.94. The highest BCUT2D eigenvalue weighted by Gasteiger charge is 2.61. The lowest BCUT2D eigenvalue weighted by Crippen LogP contribution is -2.62. The third-order valence-electron chi connectivity index (χ3n) is 23.3. The lowest BCUT2D eigenvalue weighted by atomic mass is 9.86. The maximum Gasteiger partial charge on any atom is 0.187 e. The average Bonchev–Trinajstić information content (AvgIpc) is 1.65. The summed E-state index contributed by atoms with van der Waals surface area (Å²) in [4.78, 5) is 6.24. The van der Waals surface area contributed by atoms with Crippen LogP contribution < -0.4 is 0 Å². The third-order valence-corrected chi connectivity index (χ3v) is 23.3. The smallest absolute Gasteiger partial charge is 0.187 e. The molecule has 0 saturated carbocycles. The molecule has 6 aromatic carbocycles. The molecule has 0 spiro atoms. The van der Waals surface area contributed by atoms with Gasteiger partial charge in [-0.1, -0.05) is 220 Å². The Morgan fingerprint density at radius 3 is 1.05 bits per heavy atom. The molecule has 0 bridgehead atoms. The van der Waals surface area contributed by atoms with Crippen molar-refractivity contribution >= 4 is 0 Å². The largest absolute Gasteiger partial charge is 0.381 e. The number of rotatable bonds is 30. The van der Waals surface area contributed by atoms with Gasteiger partial charge in [0, 0.05) is 34.9 Å². The molecule has 1 N–H and O–H groups in total. The molecule has 16 unspecified atom stereocenters. The molecule has 119 heavy (non-hydrogen) atoms. The first-order valence-corrected chi connectivity index (χ1v) is 42.1. The van der Waals surface area contributed by atoms with Gasteiger partial charge in [-0.3, -0.25) is 0 Å². The summed E-state index contributed by atoms with van der Waals surface area (Å²) in [6.45, 7) is 26.5. The van der Waals surface area contributed by atoms with Crippen molar-refractivity contribution < 1.29 is 105 Å². The lowest BCUT2D eigenvalue weighted by Gasteiger charge is -2.48. The number of hydrogen-bond donors (Lipinski definition) is 1. The number of nitrogens with zero attached hydrogens (tertiary/aromatic N) is 6. The molecule has 0 aliphatic carbocycles. The SMILES string of the molecule is C1CCOC1.CC1C(OCc2ccccc2)[C@H](OCc2ccccc2)CO[C@H]1O[C@H]1C(C)O[C@@H](OC2C(C)[C@@H](N=[N+]=[N-])C(COCc3ccccc3)O[C@H]2C)C2OC(C)(C)OC21.CC1C(OCc2ccccc2)[C@H](OCc2ccccc2)CO[C@H]1O[C@H]1C(C)O[C@@H](OC2C(C)[C@@H](N=[N+]=[N-])C(COCc3ccccc3)O[C@H]2O)C2OC(C)(C)OC21. The van der Waals surface area contributed by atoms with Crippen LogP contribution in [0.5, 0.6) is 0 Å². The molecule has 9 aliphatic heterocycles. The van der Waals surface area contributed by atoms with Crippen LogP contribution in [0.4, 0.5) is 0 Å². The summed E-state index contributed by atoms with van der Waals surface area (Å²) in [5.41, 5.74) is 25.3. The van der Waals surface area contributed by atoms with Crippen molar-refractivity contribution in [2.75, 3.05) is 39.6 Å². The molecule has 0 aromatic heterocycles. The Balaban J connectivity index is 0.000000194. The van der Waals surface area contributed by atoms with Crippen LogP contribution in [-0.4, -0.2) is 204 Å². The quantitative estimate of drug-likeness (QED) is 0.0249. The van der Waals surface area contributed by atoms with Crippen molar-refractivity contribution in [1.29, 1.82) is 0 Å². The fourth-order valence-corrected chi connectivity index (χ4v) is 17.1. The third kappa shape index (κ3) is 24.1. The standard InChI is InChI=1S/C44H57N3O10.C43H55N3O11.C4H8O/c1-27-36(46-47-45)34(25-48-22-31-16-10-7-11-17-31)52-29(3)37(27)54-43-41-40(56-44(5,6)57-41)39(30(4)53-43)55-42-28(2)38(50-24-33-20-14-9-15-21-33)35(26-51-42)49-23-32-18-12-8-13-19-32;1-26-34(45-46-44)32(24-48-21-29-15-9-6-10-16-29)53-40(47)36(26)54-42-39-38(56-43(4,5)57-39)37(28(3)52-42)55-41-27(2)35(50-23-31-19-13-8-14-20-31)33(25-51-41)49-22-30-17-11-7-12-18-30;1-2-4-5-3-1/h7-21,27-30,34-43H,22-26H2,1-6H3;6-20,26-28,32-42,47H,21-25H2,1-5H3;1-4H2/t27?,28?,29-,30?,34?,35+,36+,37?,38?,39-,40?,41?,42-,43-;26?,27?,28?,32?,33-,34-,35?,36?,37+,38?,39?,40-,41+,42+;/m01./s1. The molecule has 28 nitrogen and oxygen atoms in total. The lowest BCUT2D eigenvalue weighted by molar-refractivity contribution is -0.352. The van der Waals surface area contributed by atoms with E-state index in [2.05, 4.69) is 39.1 Å². The zero-order valence-corrected chi connectivity index (χ0v) is 70.1. The van der Waals surface area contributed by atoms with Gasteiger partial charge in [-0.25, -0.2) is 0 Å². The number of aliphatic hydroxyl groups excluding tert-OH is 1. The van der Waals surface area contributed by atoms with Gasteiger partial charge >= 0.3 is 0 Å². The molecule has 9 aliphatic rings. The Kier molecular flexibility index (Phi) is 32.8. The molecule has 0 radical (unpaired) electrons. The van der Waals surface area contributed by atoms with Gasteiger partial charge in [0.2, 0.25) is 0 Å². The first kappa shape index (κ1) is 89.8. The van der Waals surface area contributed by atoms with Crippen LogP contribution in [0.2, 0.25) is 0 Å². The molecule has 0 amide bonds. The first-order chi connectivity index (χ1) is 57.7. The normalized spacial score (nSPS) is 35.7. The number of ether oxygens (including phenoxy) is 21. The second kappa shape index (κ2) is 43.4. The van der Waals surface area contributed by atoms with E-state index in [0.29, 0.717) is 39.6 Å². The van der Waals surface area contributed by atoms with E-state index in [-0.39, 0.29) is 74.7 Å². The molecule has 9 heterocycles. The van der Waals surface area contributed by atoms with Gasteiger partial charge < -0.3 is 105 Å². The van der Waals surface area contributed by atoms with Crippen molar-refractivity contribution in [2.45, 2.75) is 288 Å². The molecule has 6 aromatic rings. The van der Waals surface area contributed by atoms with E-state index in [9.17, 15) is 16.2 Å². The van der Waals surface area contributed by atoms with Crippen molar-refractivity contribution in [3.05, 3.63) is 236 Å². The van der Waals surface area contributed by atoms with Crippen molar-refractivity contribution in [3.8, 4) is 0 Å². The molecule has 9 saturated heterocycles. The van der Waals surface area contributed by atoms with Gasteiger partial charge in [0.1, 0.15) is 54.9 Å². The summed E-state index contributed by atoms with van der Waals surface area (Å²) in [5, 5.41) is 19.5. The predicted octanol–water partition coefficient (Wildman–Crippen LogP) is 14.7. The maximum atomic E-state index is 11.3. The Bertz CT molecular complexity index is 3810. The van der Waals surface area contributed by atoms with Crippen molar-refractivity contribution in [3.63, 3.8) is 0 Å². The van der Waals surface area contributed by atoms with E-state index >= 15 is 0 Å². The molecule has 646 valence electrons. The molecule has 15 rings (SSSR count). The van der Waals surface area contributed by atoms with Gasteiger partial charge in [0.15, 0.2) is 43.0 Å². The molecular formula is C91H120N6O22. The summed E-state index contributed by atoms with van der Waals surface area (Å²) in [6.07, 6.45) is -10.9. The topological polar surface area (TPSA) is 312 Å². The minimum Gasteiger partial charge on any atom is -0.381 e. The zero-order chi connectivity index (χ0) is 83.4. The summed E-state index contributed by atoms with van der Waals surface area (Å²) in [7, 11) is 0. The van der Waals surface area contributed by atoms with E-state index in [0.717, 1.165) is 46.6 Å². The maximum absolute atomic E-state index is 11.3. The molecule has 28 atom stereocenters. The Labute approximate surface area is 698 Å². The number of hydrogen-bond acceptors (Lipinski definition) is 24. The van der Waals surface area contributed by atoms with Gasteiger partial charge in [-0.05, 0) is 118 Å². The molecule has 28 heteroatoms. The van der Waals surface area contributed by atoms with Gasteiger partial charge in [0.25, 0.3) is 0 Å². The molecular weight excluding hydrogens is 1530 g/mol.